The van der Waals surface area contributed by atoms with Crippen LogP contribution in [0.25, 0.3) is 34.2 Å². The second-order valence-corrected chi connectivity index (χ2v) is 14.6. The van der Waals surface area contributed by atoms with Gasteiger partial charge in [0.05, 0.1) is 45.0 Å². The van der Waals surface area contributed by atoms with E-state index in [2.05, 4.69) is 15.0 Å². The van der Waals surface area contributed by atoms with E-state index in [1.165, 1.54) is 33.1 Å². The minimum absolute atomic E-state index is 0. The quantitative estimate of drug-likeness (QED) is 0.0341. The summed E-state index contributed by atoms with van der Waals surface area (Å²) in [4.78, 5) is 60.9. The van der Waals surface area contributed by atoms with Crippen molar-refractivity contribution in [1.29, 1.82) is 0 Å². The first-order valence-electron chi connectivity index (χ1n) is 20.7. The third kappa shape index (κ3) is 24.9. The van der Waals surface area contributed by atoms with E-state index in [9.17, 15) is 29.4 Å². The molecule has 4 aromatic rings. The van der Waals surface area contributed by atoms with Gasteiger partial charge in [-0.25, -0.2) is 24.5 Å². The van der Waals surface area contributed by atoms with Gasteiger partial charge in [-0.3, -0.25) is 4.79 Å². The van der Waals surface area contributed by atoms with Crippen molar-refractivity contribution in [2.75, 3.05) is 27.4 Å². The number of unbranched alkanes of at least 4 members (excludes halogenated alkanes) is 9. The van der Waals surface area contributed by atoms with E-state index in [0.29, 0.717) is 17.9 Å². The van der Waals surface area contributed by atoms with E-state index in [4.69, 9.17) is 28.4 Å². The molecule has 15 heteroatoms. The van der Waals surface area contributed by atoms with Gasteiger partial charge in [-0.1, -0.05) is 118 Å². The summed E-state index contributed by atoms with van der Waals surface area (Å²) in [5.74, 6) is -0.319. The Hall–Kier alpha value is -6.25. The molecule has 0 aliphatic carbocycles. The summed E-state index contributed by atoms with van der Waals surface area (Å²) in [6.07, 6.45) is 8.78. The van der Waals surface area contributed by atoms with E-state index in [1.807, 2.05) is 0 Å². The Morgan fingerprint density at radius 2 is 0.886 bits per heavy atom. The number of Topliss-reactive ketones (excluding diaryl/α,β-unsaturated/α-hetero) is 1. The number of hydrogen-bond acceptors (Lipinski definition) is 15. The van der Waals surface area contributed by atoms with E-state index in [0.717, 1.165) is 64.2 Å². The molecule has 0 fully saturated rings. The Bertz CT molecular complexity index is 2060. The number of benzene rings is 3. The number of hydrogen-bond donors (Lipinski definition) is 2. The average molecular weight is 988 g/mol. The highest BCUT2D eigenvalue weighted by Crippen LogP contribution is 2.36. The lowest BCUT2D eigenvalue weighted by Crippen LogP contribution is -2.26. The monoisotopic (exact) mass is 988 g/mol. The minimum Gasteiger partial charge on any atom is -0.507 e. The highest BCUT2D eigenvalue weighted by Gasteiger charge is 2.21. The zero-order valence-corrected chi connectivity index (χ0v) is 35.6. The SMILES string of the molecule is C.C.C.C.C.C.C.C.C.COC(=O)C(C)Oc1ccc(-c2nc(-c3ccc(OC)cc3)nc(-c3ccc(OC(C)C(=O)OCCCCCCCCCCCCOC(=O)CCC(C)=O)cc3O)n2)c(O)c1. The van der Waals surface area contributed by atoms with Crippen LogP contribution in [-0.4, -0.2) is 88.5 Å². The molecule has 400 valence electrons. The number of rotatable bonds is 26. The summed E-state index contributed by atoms with van der Waals surface area (Å²) >= 11 is 0. The normalized spacial score (nSPS) is 10.4. The molecule has 0 aliphatic rings. The third-order valence-electron chi connectivity index (χ3n) is 9.62. The number of phenols is 2. The Kier molecular flexibility index (Phi) is 42.6. The average Bonchev–Trinajstić information content (AvgIpc) is 3.25. The largest absolute Gasteiger partial charge is 0.507 e. The van der Waals surface area contributed by atoms with Crippen LogP contribution < -0.4 is 14.2 Å². The summed E-state index contributed by atoms with van der Waals surface area (Å²) < 4.78 is 32.0. The number of carbonyl (C=O) groups is 4. The van der Waals surface area contributed by atoms with Crippen LogP contribution >= 0.6 is 0 Å². The second kappa shape index (κ2) is 39.6. The first-order valence-corrected chi connectivity index (χ1v) is 20.7. The number of methoxy groups -OCH3 is 2. The second-order valence-electron chi connectivity index (χ2n) is 14.6. The lowest BCUT2D eigenvalue weighted by molar-refractivity contribution is -0.151. The van der Waals surface area contributed by atoms with Gasteiger partial charge in [0.1, 0.15) is 34.5 Å². The summed E-state index contributed by atoms with van der Waals surface area (Å²) in [6, 6.07) is 16.0. The van der Waals surface area contributed by atoms with Crippen molar-refractivity contribution in [3.63, 3.8) is 0 Å². The standard InChI is InChI=1S/C46H57N3O12.9CH4/c1-30(50)16-25-41(53)58-26-14-12-10-8-6-7-9-11-13-15-27-59-46(55)32(3)61-36-22-24-38(40(52)29-36)44-48-42(33-17-19-34(56-4)20-18-33)47-43(49-44)37-23-21-35(28-39(37)51)60-31(2)45(54)57-5;;;;;;;;;/h17-24,28-29,31-32,51-52H,6-16,25-27H2,1-5H3;9*1H4. The van der Waals surface area contributed by atoms with E-state index >= 15 is 0 Å². The number of carbonyl (C=O) groups excluding carboxylic acids is 4. The summed E-state index contributed by atoms with van der Waals surface area (Å²) in [6.45, 7) is 5.26. The van der Waals surface area contributed by atoms with Crippen LogP contribution in [0.15, 0.2) is 60.7 Å². The number of esters is 3. The van der Waals surface area contributed by atoms with Gasteiger partial charge >= 0.3 is 17.9 Å². The molecule has 1 aromatic heterocycles. The van der Waals surface area contributed by atoms with Crippen LogP contribution in [0.4, 0.5) is 0 Å². The lowest BCUT2D eigenvalue weighted by atomic mass is 10.1. The third-order valence-corrected chi connectivity index (χ3v) is 9.62. The fourth-order valence-electron chi connectivity index (χ4n) is 6.15. The van der Waals surface area contributed by atoms with Crippen LogP contribution in [0.2, 0.25) is 0 Å². The molecule has 15 nitrogen and oxygen atoms in total. The molecule has 4 rings (SSSR count). The molecule has 2 unspecified atom stereocenters. The molecule has 2 atom stereocenters. The van der Waals surface area contributed by atoms with Crippen molar-refractivity contribution in [2.45, 2.75) is 177 Å². The molecule has 0 radical (unpaired) electrons. The number of ether oxygens (including phenoxy) is 6. The molecule has 0 saturated heterocycles. The Balaban J connectivity index is -0.00000114. The van der Waals surface area contributed by atoms with Gasteiger partial charge in [0.25, 0.3) is 0 Å². The van der Waals surface area contributed by atoms with Crippen molar-refractivity contribution in [3.05, 3.63) is 60.7 Å². The summed E-state index contributed by atoms with van der Waals surface area (Å²) in [5, 5.41) is 22.2. The molecule has 2 N–H and O–H groups in total. The van der Waals surface area contributed by atoms with Crippen molar-refractivity contribution in [1.82, 2.24) is 15.0 Å². The van der Waals surface area contributed by atoms with E-state index in [1.54, 1.807) is 62.6 Å². The van der Waals surface area contributed by atoms with Gasteiger partial charge in [-0.15, -0.1) is 0 Å². The predicted molar refractivity (Wildman–Crippen MR) is 287 cm³/mol. The zero-order valence-electron chi connectivity index (χ0n) is 35.6. The van der Waals surface area contributed by atoms with Crippen LogP contribution in [0.3, 0.4) is 0 Å². The molecular formula is C55H93N3O12. The zero-order chi connectivity index (χ0) is 44.1. The highest BCUT2D eigenvalue weighted by molar-refractivity contribution is 5.81. The van der Waals surface area contributed by atoms with Gasteiger partial charge in [0.15, 0.2) is 29.7 Å². The van der Waals surface area contributed by atoms with E-state index in [-0.39, 0.29) is 150 Å². The van der Waals surface area contributed by atoms with Gasteiger partial charge in [-0.05, 0) is 82.1 Å². The minimum atomic E-state index is -0.931. The number of aromatic hydroxyl groups is 2. The Morgan fingerprint density at radius 1 is 0.500 bits per heavy atom. The highest BCUT2D eigenvalue weighted by atomic mass is 16.6. The Labute approximate surface area is 423 Å². The molecule has 0 aliphatic heterocycles. The van der Waals surface area contributed by atoms with Crippen LogP contribution in [0.5, 0.6) is 28.7 Å². The maximum Gasteiger partial charge on any atom is 0.347 e. The smallest absolute Gasteiger partial charge is 0.347 e. The lowest BCUT2D eigenvalue weighted by Gasteiger charge is -2.15. The van der Waals surface area contributed by atoms with Crippen LogP contribution in [0.1, 0.15) is 165 Å². The first kappa shape index (κ1) is 75.3. The molecule has 0 amide bonds. The van der Waals surface area contributed by atoms with Crippen molar-refractivity contribution in [2.24, 2.45) is 0 Å². The molecule has 0 bridgehead atoms. The molecule has 70 heavy (non-hydrogen) atoms. The van der Waals surface area contributed by atoms with Crippen LogP contribution in [-0.2, 0) is 33.4 Å². The Morgan fingerprint density at radius 3 is 1.29 bits per heavy atom. The maximum atomic E-state index is 12.7. The molecule has 0 spiro atoms. The van der Waals surface area contributed by atoms with Gasteiger partial charge < -0.3 is 43.4 Å². The molecular weight excluding hydrogens is 895 g/mol. The van der Waals surface area contributed by atoms with Crippen LogP contribution in [0, 0.1) is 0 Å². The van der Waals surface area contributed by atoms with Crippen molar-refractivity contribution in [3.8, 4) is 62.9 Å². The van der Waals surface area contributed by atoms with Gasteiger partial charge in [-0.2, -0.15) is 0 Å². The van der Waals surface area contributed by atoms with E-state index < -0.39 is 24.1 Å². The first-order chi connectivity index (χ1) is 29.4. The molecule has 3 aromatic carbocycles. The maximum absolute atomic E-state index is 12.7. The number of aromatic nitrogens is 3. The van der Waals surface area contributed by atoms with Gasteiger partial charge in [0.2, 0.25) is 0 Å². The summed E-state index contributed by atoms with van der Waals surface area (Å²) in [7, 11) is 2.81. The molecule has 1 heterocycles. The molecule has 0 saturated carbocycles. The van der Waals surface area contributed by atoms with Gasteiger partial charge in [0, 0.05) is 24.1 Å². The number of nitrogens with zero attached hydrogens (tertiary/aromatic N) is 3. The summed E-state index contributed by atoms with van der Waals surface area (Å²) in [5.41, 5.74) is 1.10. The van der Waals surface area contributed by atoms with Crippen molar-refractivity contribution < 1.29 is 57.8 Å². The topological polar surface area (TPSA) is 203 Å². The number of phenolic OH excluding ortho intramolecular Hbond substituents is 2. The fourth-order valence-corrected chi connectivity index (χ4v) is 6.15. The fraction of sp³-hybridized carbons (Fsp3) is 0.545. The number of ketones is 1. The van der Waals surface area contributed by atoms with Crippen molar-refractivity contribution >= 4 is 23.7 Å². The predicted octanol–water partition coefficient (Wildman–Crippen LogP) is 14.1.